The summed E-state index contributed by atoms with van der Waals surface area (Å²) in [4.78, 5) is 20.8. The van der Waals surface area contributed by atoms with Crippen LogP contribution in [0.5, 0.6) is 0 Å². The molecule has 0 saturated heterocycles. The maximum absolute atomic E-state index is 12.3. The molecule has 0 atom stereocenters. The number of nitrogens with two attached hydrogens (primary N) is 1. The van der Waals surface area contributed by atoms with Gasteiger partial charge in [0.2, 0.25) is 5.95 Å². The second kappa shape index (κ2) is 5.44. The predicted molar refractivity (Wildman–Crippen MR) is 81.0 cm³/mol. The molecule has 3 N–H and O–H groups in total. The molecule has 2 aromatic rings. The Kier molecular flexibility index (Phi) is 3.63. The van der Waals surface area contributed by atoms with Crippen LogP contribution in [-0.4, -0.2) is 26.2 Å². The molecule has 1 fully saturated rings. The molecule has 0 aliphatic heterocycles. The second-order valence-corrected chi connectivity index (χ2v) is 5.80. The van der Waals surface area contributed by atoms with Crippen LogP contribution in [0.4, 0.5) is 5.95 Å². The van der Waals surface area contributed by atoms with Crippen molar-refractivity contribution in [3.63, 3.8) is 0 Å². The van der Waals surface area contributed by atoms with Crippen molar-refractivity contribution < 1.29 is 5.11 Å². The third kappa shape index (κ3) is 2.51. The average Bonchev–Trinajstić information content (AvgIpc) is 2.47. The number of fused-ring (bicyclic) bond motifs is 1. The maximum Gasteiger partial charge on any atom is 0.252 e. The molecule has 6 heteroatoms. The number of pyridine rings is 1. The van der Waals surface area contributed by atoms with Crippen molar-refractivity contribution in [2.45, 2.75) is 38.6 Å². The number of hydrogen-bond acceptors (Lipinski definition) is 5. The molecular weight excluding hydrogens is 268 g/mol. The molecule has 0 bridgehead atoms. The van der Waals surface area contributed by atoms with Gasteiger partial charge in [-0.1, -0.05) is 0 Å². The van der Waals surface area contributed by atoms with Crippen molar-refractivity contribution in [2.75, 3.05) is 12.3 Å². The van der Waals surface area contributed by atoms with E-state index in [0.29, 0.717) is 11.6 Å². The van der Waals surface area contributed by atoms with Gasteiger partial charge >= 0.3 is 0 Å². The first kappa shape index (κ1) is 14.0. The third-order valence-electron chi connectivity index (χ3n) is 4.43. The summed E-state index contributed by atoms with van der Waals surface area (Å²) in [6.45, 7) is 2.10. The van der Waals surface area contributed by atoms with Crippen LogP contribution in [-0.2, 0) is 0 Å². The minimum absolute atomic E-state index is 0.0487. The Morgan fingerprint density at radius 1 is 1.29 bits per heavy atom. The molecule has 2 aromatic heterocycles. The highest BCUT2D eigenvalue weighted by molar-refractivity contribution is 5.78. The summed E-state index contributed by atoms with van der Waals surface area (Å²) in [6, 6.07) is 3.47. The molecule has 0 amide bonds. The van der Waals surface area contributed by atoms with Crippen LogP contribution >= 0.6 is 0 Å². The van der Waals surface area contributed by atoms with Gasteiger partial charge in [0.05, 0.1) is 5.69 Å². The van der Waals surface area contributed by atoms with Gasteiger partial charge in [-0.05, 0) is 44.6 Å². The predicted octanol–water partition coefficient (Wildman–Crippen LogP) is 1.41. The highest BCUT2D eigenvalue weighted by Crippen LogP contribution is 2.32. The monoisotopic (exact) mass is 288 g/mol. The molecule has 3 rings (SSSR count). The van der Waals surface area contributed by atoms with Crippen LogP contribution in [0.2, 0.25) is 0 Å². The van der Waals surface area contributed by atoms with Crippen molar-refractivity contribution >= 4 is 17.0 Å². The van der Waals surface area contributed by atoms with Gasteiger partial charge in [0.1, 0.15) is 5.65 Å². The van der Waals surface area contributed by atoms with Gasteiger partial charge in [-0.15, -0.1) is 0 Å². The molecule has 0 radical (unpaired) electrons. The SMILES string of the molecule is Cc1nc(N)nc2c1ccc(=O)n2C1CCC(CO)CC1. The number of nitrogen functional groups attached to an aromatic ring is 1. The third-order valence-corrected chi connectivity index (χ3v) is 4.43. The van der Waals surface area contributed by atoms with Crippen molar-refractivity contribution in [2.24, 2.45) is 5.92 Å². The van der Waals surface area contributed by atoms with Gasteiger partial charge in [0, 0.05) is 24.1 Å². The van der Waals surface area contributed by atoms with E-state index in [9.17, 15) is 9.90 Å². The highest BCUT2D eigenvalue weighted by atomic mass is 16.3. The van der Waals surface area contributed by atoms with E-state index in [1.54, 1.807) is 16.7 Å². The summed E-state index contributed by atoms with van der Waals surface area (Å²) in [5.74, 6) is 0.553. The fraction of sp³-hybridized carbons (Fsp3) is 0.533. The molecule has 112 valence electrons. The van der Waals surface area contributed by atoms with Crippen LogP contribution in [0.25, 0.3) is 11.0 Å². The van der Waals surface area contributed by atoms with Gasteiger partial charge in [-0.3, -0.25) is 9.36 Å². The van der Waals surface area contributed by atoms with Crippen molar-refractivity contribution in [3.05, 3.63) is 28.2 Å². The molecule has 0 spiro atoms. The van der Waals surface area contributed by atoms with Crippen molar-refractivity contribution in [1.82, 2.24) is 14.5 Å². The molecule has 0 unspecified atom stereocenters. The standard InChI is InChI=1S/C15H20N4O2/c1-9-12-6-7-13(21)19(14(12)18-15(16)17-9)11-4-2-10(8-20)3-5-11/h6-7,10-11,20H,2-5,8H2,1H3,(H2,16,17,18). The number of aromatic nitrogens is 3. The molecule has 1 aliphatic carbocycles. The normalized spacial score (nSPS) is 22.6. The van der Waals surface area contributed by atoms with E-state index >= 15 is 0 Å². The zero-order chi connectivity index (χ0) is 15.0. The summed E-state index contributed by atoms with van der Waals surface area (Å²) < 4.78 is 1.76. The molecule has 1 aliphatic rings. The lowest BCUT2D eigenvalue weighted by molar-refractivity contribution is 0.169. The fourth-order valence-electron chi connectivity index (χ4n) is 3.24. The number of aryl methyl sites for hydroxylation is 1. The molecule has 21 heavy (non-hydrogen) atoms. The second-order valence-electron chi connectivity index (χ2n) is 5.80. The zero-order valence-corrected chi connectivity index (χ0v) is 12.1. The van der Waals surface area contributed by atoms with Gasteiger partial charge in [0.15, 0.2) is 0 Å². The van der Waals surface area contributed by atoms with E-state index in [4.69, 9.17) is 5.73 Å². The number of nitrogens with zero attached hydrogens (tertiary/aromatic N) is 3. The minimum Gasteiger partial charge on any atom is -0.396 e. The summed E-state index contributed by atoms with van der Waals surface area (Å²) in [7, 11) is 0. The van der Waals surface area contributed by atoms with Crippen LogP contribution < -0.4 is 11.3 Å². The van der Waals surface area contributed by atoms with Crippen molar-refractivity contribution in [1.29, 1.82) is 0 Å². The summed E-state index contributed by atoms with van der Waals surface area (Å²) in [6.07, 6.45) is 3.63. The van der Waals surface area contributed by atoms with Gasteiger partial charge in [0.25, 0.3) is 5.56 Å². The highest BCUT2D eigenvalue weighted by Gasteiger charge is 2.24. The number of aliphatic hydroxyl groups is 1. The lowest BCUT2D eigenvalue weighted by atomic mass is 9.86. The van der Waals surface area contributed by atoms with Crippen LogP contribution in [0, 0.1) is 12.8 Å². The summed E-state index contributed by atoms with van der Waals surface area (Å²) in [5, 5.41) is 10.1. The van der Waals surface area contributed by atoms with Gasteiger partial charge < -0.3 is 10.8 Å². The maximum atomic E-state index is 12.3. The van der Waals surface area contributed by atoms with Crippen LogP contribution in [0.15, 0.2) is 16.9 Å². The van der Waals surface area contributed by atoms with E-state index in [-0.39, 0.29) is 24.2 Å². The minimum atomic E-state index is -0.0487. The number of anilines is 1. The smallest absolute Gasteiger partial charge is 0.252 e. The molecule has 0 aromatic carbocycles. The average molecular weight is 288 g/mol. The van der Waals surface area contributed by atoms with Crippen molar-refractivity contribution in [3.8, 4) is 0 Å². The van der Waals surface area contributed by atoms with E-state index < -0.39 is 0 Å². The largest absolute Gasteiger partial charge is 0.396 e. The number of hydrogen-bond donors (Lipinski definition) is 2. The Balaban J connectivity index is 2.09. The quantitative estimate of drug-likeness (QED) is 0.871. The molecular formula is C15H20N4O2. The first-order valence-corrected chi connectivity index (χ1v) is 7.36. The van der Waals surface area contributed by atoms with E-state index in [0.717, 1.165) is 36.8 Å². The Morgan fingerprint density at radius 3 is 2.67 bits per heavy atom. The van der Waals surface area contributed by atoms with Crippen LogP contribution in [0.1, 0.15) is 37.4 Å². The summed E-state index contributed by atoms with van der Waals surface area (Å²) >= 11 is 0. The Hall–Kier alpha value is -1.95. The lowest BCUT2D eigenvalue weighted by Gasteiger charge is -2.29. The first-order valence-electron chi connectivity index (χ1n) is 7.36. The lowest BCUT2D eigenvalue weighted by Crippen LogP contribution is -2.29. The van der Waals surface area contributed by atoms with E-state index in [1.165, 1.54) is 0 Å². The fourth-order valence-corrected chi connectivity index (χ4v) is 3.24. The van der Waals surface area contributed by atoms with Gasteiger partial charge in [-0.25, -0.2) is 4.98 Å². The summed E-state index contributed by atoms with van der Waals surface area (Å²) in [5.41, 5.74) is 7.11. The van der Waals surface area contributed by atoms with E-state index in [1.807, 2.05) is 6.92 Å². The Labute approximate surface area is 122 Å². The van der Waals surface area contributed by atoms with E-state index in [2.05, 4.69) is 9.97 Å². The molecule has 1 saturated carbocycles. The molecule has 2 heterocycles. The zero-order valence-electron chi connectivity index (χ0n) is 12.1. The van der Waals surface area contributed by atoms with Crippen LogP contribution in [0.3, 0.4) is 0 Å². The number of aliphatic hydroxyl groups excluding tert-OH is 1. The van der Waals surface area contributed by atoms with Gasteiger partial charge in [-0.2, -0.15) is 4.98 Å². The number of rotatable bonds is 2. The Bertz CT molecular complexity index is 717. The molecule has 6 nitrogen and oxygen atoms in total. The topological polar surface area (TPSA) is 94.0 Å². The first-order chi connectivity index (χ1) is 10.1. The Morgan fingerprint density at radius 2 is 2.00 bits per heavy atom.